The van der Waals surface area contributed by atoms with Crippen LogP contribution in [0.2, 0.25) is 5.02 Å². The molecule has 5 nitrogen and oxygen atoms in total. The van der Waals surface area contributed by atoms with Crippen molar-refractivity contribution >= 4 is 50.9 Å². The van der Waals surface area contributed by atoms with Gasteiger partial charge in [-0.1, -0.05) is 45.7 Å². The number of nitrogens with zero attached hydrogens (tertiary/aromatic N) is 2. The van der Waals surface area contributed by atoms with Gasteiger partial charge in [0, 0.05) is 15.1 Å². The SMILES string of the molecule is Cc1ccc(Cl)cc1N(CN1C(=O)C2C3C=CC(C4CC34)C2C1=O)C(=O)c1ccc(Br)cc1. The minimum Gasteiger partial charge on any atom is -0.289 e. The molecule has 0 aromatic heterocycles. The van der Waals surface area contributed by atoms with Gasteiger partial charge in [0.25, 0.3) is 5.91 Å². The third-order valence-electron chi connectivity index (χ3n) is 7.84. The Labute approximate surface area is 205 Å². The predicted molar refractivity (Wildman–Crippen MR) is 129 cm³/mol. The van der Waals surface area contributed by atoms with Gasteiger partial charge < -0.3 is 0 Å². The normalized spacial score (nSPS) is 30.9. The number of imide groups is 1. The molecule has 6 unspecified atom stereocenters. The highest BCUT2D eigenvalue weighted by atomic mass is 79.9. The molecule has 2 saturated carbocycles. The molecule has 1 heterocycles. The monoisotopic (exact) mass is 524 g/mol. The molecular weight excluding hydrogens is 504 g/mol. The highest BCUT2D eigenvalue weighted by Crippen LogP contribution is 2.65. The maximum Gasteiger partial charge on any atom is 0.259 e. The summed E-state index contributed by atoms with van der Waals surface area (Å²) in [4.78, 5) is 43.5. The fourth-order valence-electron chi connectivity index (χ4n) is 6.17. The fraction of sp³-hybridized carbons (Fsp3) is 0.346. The summed E-state index contributed by atoms with van der Waals surface area (Å²) >= 11 is 9.67. The fourth-order valence-corrected chi connectivity index (χ4v) is 6.60. The van der Waals surface area contributed by atoms with Crippen LogP contribution in [-0.2, 0) is 9.59 Å². The molecule has 2 aromatic rings. The molecule has 3 amide bonds. The number of rotatable bonds is 4. The van der Waals surface area contributed by atoms with Gasteiger partial charge in [0.1, 0.15) is 6.67 Å². The first-order valence-corrected chi connectivity index (χ1v) is 12.4. The zero-order valence-electron chi connectivity index (χ0n) is 17.9. The standard InChI is InChI=1S/C26H22BrClN2O3/c1-13-2-7-16(28)10-21(13)29(24(31)14-3-5-15(27)6-4-14)12-30-25(32)22-17-8-9-18(20-11-19(17)20)23(22)26(30)33/h2-10,17-20,22-23H,11-12H2,1H3. The van der Waals surface area contributed by atoms with E-state index in [-0.39, 0.29) is 48.1 Å². The predicted octanol–water partition coefficient (Wildman–Crippen LogP) is 5.07. The van der Waals surface area contributed by atoms with Gasteiger partial charge in [-0.2, -0.15) is 0 Å². The van der Waals surface area contributed by atoms with Gasteiger partial charge in [-0.3, -0.25) is 24.2 Å². The minimum absolute atomic E-state index is 0.116. The van der Waals surface area contributed by atoms with Crippen LogP contribution in [0.5, 0.6) is 0 Å². The molecule has 6 atom stereocenters. The molecule has 5 aliphatic rings. The quantitative estimate of drug-likeness (QED) is 0.414. The van der Waals surface area contributed by atoms with Crippen molar-refractivity contribution in [1.82, 2.24) is 4.90 Å². The van der Waals surface area contributed by atoms with Crippen LogP contribution in [-0.4, -0.2) is 29.3 Å². The number of hydrogen-bond donors (Lipinski definition) is 0. The van der Waals surface area contributed by atoms with Crippen LogP contribution in [0.3, 0.4) is 0 Å². The first-order valence-electron chi connectivity index (χ1n) is 11.2. The van der Waals surface area contributed by atoms with E-state index in [2.05, 4.69) is 28.1 Å². The molecule has 4 aliphatic carbocycles. The molecule has 2 bridgehead atoms. The maximum atomic E-state index is 13.6. The van der Waals surface area contributed by atoms with Gasteiger partial charge in [0.2, 0.25) is 11.8 Å². The largest absolute Gasteiger partial charge is 0.289 e. The summed E-state index contributed by atoms with van der Waals surface area (Å²) in [6.07, 6.45) is 5.42. The molecule has 7 heteroatoms. The molecule has 3 fully saturated rings. The number of carbonyl (C=O) groups excluding carboxylic acids is 3. The third-order valence-corrected chi connectivity index (χ3v) is 8.60. The highest BCUT2D eigenvalue weighted by molar-refractivity contribution is 9.10. The lowest BCUT2D eigenvalue weighted by Crippen LogP contribution is -2.45. The number of carbonyl (C=O) groups is 3. The Hall–Kier alpha value is -2.44. The first-order chi connectivity index (χ1) is 15.8. The van der Waals surface area contributed by atoms with Gasteiger partial charge >= 0.3 is 0 Å². The van der Waals surface area contributed by atoms with E-state index >= 15 is 0 Å². The average molecular weight is 526 g/mol. The second-order valence-corrected chi connectivity index (χ2v) is 10.9. The van der Waals surface area contributed by atoms with Crippen molar-refractivity contribution in [3.05, 3.63) is 75.2 Å². The van der Waals surface area contributed by atoms with E-state index < -0.39 is 0 Å². The summed E-state index contributed by atoms with van der Waals surface area (Å²) in [5, 5.41) is 0.485. The van der Waals surface area contributed by atoms with Crippen LogP contribution in [0.25, 0.3) is 0 Å². The Kier molecular flexibility index (Phi) is 4.82. The average Bonchev–Trinajstić information content (AvgIpc) is 3.59. The Morgan fingerprint density at radius 3 is 2.24 bits per heavy atom. The summed E-state index contributed by atoms with van der Waals surface area (Å²) in [5.41, 5.74) is 1.90. The maximum absolute atomic E-state index is 13.6. The van der Waals surface area contributed by atoms with E-state index in [1.807, 2.05) is 13.0 Å². The molecule has 7 rings (SSSR count). The van der Waals surface area contributed by atoms with E-state index in [0.717, 1.165) is 16.5 Å². The number of likely N-dealkylation sites (tertiary alicyclic amines) is 1. The van der Waals surface area contributed by atoms with E-state index in [0.29, 0.717) is 28.1 Å². The molecule has 168 valence electrons. The molecular formula is C26H22BrClN2O3. The highest BCUT2D eigenvalue weighted by Gasteiger charge is 2.67. The van der Waals surface area contributed by atoms with Crippen LogP contribution in [0.4, 0.5) is 5.69 Å². The number of halogens is 2. The van der Waals surface area contributed by atoms with Crippen LogP contribution in [0.1, 0.15) is 22.3 Å². The van der Waals surface area contributed by atoms with Gasteiger partial charge in [-0.05, 0) is 79.0 Å². The zero-order valence-corrected chi connectivity index (χ0v) is 20.3. The molecule has 0 N–H and O–H groups in total. The van der Waals surface area contributed by atoms with Crippen molar-refractivity contribution < 1.29 is 14.4 Å². The van der Waals surface area contributed by atoms with Gasteiger partial charge in [-0.25, -0.2) is 0 Å². The summed E-state index contributed by atoms with van der Waals surface area (Å²) in [6, 6.07) is 12.4. The molecule has 0 radical (unpaired) electrons. The summed E-state index contributed by atoms with van der Waals surface area (Å²) < 4.78 is 0.861. The molecule has 33 heavy (non-hydrogen) atoms. The molecule has 1 saturated heterocycles. The molecule has 0 spiro atoms. The lowest BCUT2D eigenvalue weighted by molar-refractivity contribution is -0.140. The zero-order chi connectivity index (χ0) is 23.0. The lowest BCUT2D eigenvalue weighted by Gasteiger charge is -2.37. The smallest absolute Gasteiger partial charge is 0.259 e. The summed E-state index contributed by atoms with van der Waals surface area (Å²) in [5.74, 6) is 0.202. The Balaban J connectivity index is 1.37. The van der Waals surface area contributed by atoms with Crippen molar-refractivity contribution in [2.24, 2.45) is 35.5 Å². The number of allylic oxidation sites excluding steroid dienone is 2. The molecule has 1 aliphatic heterocycles. The van der Waals surface area contributed by atoms with E-state index in [4.69, 9.17) is 11.6 Å². The van der Waals surface area contributed by atoms with Crippen LogP contribution in [0.15, 0.2) is 59.1 Å². The van der Waals surface area contributed by atoms with Crippen LogP contribution >= 0.6 is 27.5 Å². The van der Waals surface area contributed by atoms with Crippen molar-refractivity contribution in [2.75, 3.05) is 11.6 Å². The van der Waals surface area contributed by atoms with Crippen molar-refractivity contribution in [3.63, 3.8) is 0 Å². The van der Waals surface area contributed by atoms with Crippen molar-refractivity contribution in [3.8, 4) is 0 Å². The third kappa shape index (κ3) is 3.22. The second-order valence-electron chi connectivity index (χ2n) is 9.57. The Morgan fingerprint density at radius 2 is 1.64 bits per heavy atom. The number of hydrogen-bond acceptors (Lipinski definition) is 3. The van der Waals surface area contributed by atoms with E-state index in [1.165, 1.54) is 9.80 Å². The molecule has 2 aromatic carbocycles. The summed E-state index contributed by atoms with van der Waals surface area (Å²) in [6.45, 7) is 1.77. The Morgan fingerprint density at radius 1 is 1.03 bits per heavy atom. The number of amides is 3. The van der Waals surface area contributed by atoms with Gasteiger partial charge in [0.05, 0.1) is 17.5 Å². The second kappa shape index (κ2) is 7.54. The Bertz CT molecular complexity index is 1190. The topological polar surface area (TPSA) is 57.7 Å². The minimum atomic E-state index is -0.290. The number of anilines is 1. The van der Waals surface area contributed by atoms with E-state index in [1.54, 1.807) is 36.4 Å². The lowest BCUT2D eigenvalue weighted by atomic mass is 9.63. The number of aryl methyl sites for hydroxylation is 1. The van der Waals surface area contributed by atoms with Crippen molar-refractivity contribution in [1.29, 1.82) is 0 Å². The number of benzene rings is 2. The van der Waals surface area contributed by atoms with Crippen LogP contribution < -0.4 is 4.90 Å². The van der Waals surface area contributed by atoms with E-state index in [9.17, 15) is 14.4 Å². The van der Waals surface area contributed by atoms with Gasteiger partial charge in [-0.15, -0.1) is 0 Å². The van der Waals surface area contributed by atoms with Crippen LogP contribution in [0, 0.1) is 42.4 Å². The van der Waals surface area contributed by atoms with Crippen molar-refractivity contribution in [2.45, 2.75) is 13.3 Å². The summed E-state index contributed by atoms with van der Waals surface area (Å²) in [7, 11) is 0. The first kappa shape index (κ1) is 21.1. The van der Waals surface area contributed by atoms with Gasteiger partial charge in [0.15, 0.2) is 0 Å².